The summed E-state index contributed by atoms with van der Waals surface area (Å²) in [6.45, 7) is 0.553. The van der Waals surface area contributed by atoms with Crippen LogP contribution in [0.25, 0.3) is 0 Å². The summed E-state index contributed by atoms with van der Waals surface area (Å²) in [6.07, 6.45) is 1.79. The van der Waals surface area contributed by atoms with Crippen LogP contribution in [0.1, 0.15) is 5.01 Å². The van der Waals surface area contributed by atoms with Crippen LogP contribution in [0.3, 0.4) is 0 Å². The monoisotopic (exact) mass is 317 g/mol. The van der Waals surface area contributed by atoms with E-state index < -0.39 is 0 Å². The molecule has 14 heavy (non-hydrogen) atoms. The number of benzene rings is 1. The van der Waals surface area contributed by atoms with E-state index in [0.717, 1.165) is 10.8 Å². The predicted octanol–water partition coefficient (Wildman–Crippen LogP) is 3.33. The van der Waals surface area contributed by atoms with Crippen molar-refractivity contribution in [2.75, 3.05) is 0 Å². The summed E-state index contributed by atoms with van der Waals surface area (Å²) in [6, 6.07) is 7.99. The molecule has 0 fully saturated rings. The molecule has 0 saturated heterocycles. The molecule has 0 unspecified atom stereocenters. The van der Waals surface area contributed by atoms with E-state index in [0.29, 0.717) is 6.61 Å². The number of nitrogens with zero attached hydrogens (tertiary/aromatic N) is 1. The topological polar surface area (TPSA) is 22.1 Å². The Morgan fingerprint density at radius 2 is 2.36 bits per heavy atom. The van der Waals surface area contributed by atoms with Gasteiger partial charge in [0.15, 0.2) is 0 Å². The molecule has 1 aromatic carbocycles. The van der Waals surface area contributed by atoms with Crippen molar-refractivity contribution in [3.8, 4) is 5.75 Å². The van der Waals surface area contributed by atoms with Crippen molar-refractivity contribution < 1.29 is 4.74 Å². The number of aromatic nitrogens is 1. The fourth-order valence-corrected chi connectivity index (χ4v) is 2.07. The molecule has 4 heteroatoms. The highest BCUT2D eigenvalue weighted by atomic mass is 127. The highest BCUT2D eigenvalue weighted by Crippen LogP contribution is 2.16. The molecule has 1 heterocycles. The molecule has 0 amide bonds. The highest BCUT2D eigenvalue weighted by Gasteiger charge is 1.97. The summed E-state index contributed by atoms with van der Waals surface area (Å²) in [5.41, 5.74) is 0. The van der Waals surface area contributed by atoms with Crippen LogP contribution in [0.15, 0.2) is 35.8 Å². The smallest absolute Gasteiger partial charge is 0.140 e. The van der Waals surface area contributed by atoms with Crippen molar-refractivity contribution in [3.63, 3.8) is 0 Å². The maximum atomic E-state index is 5.57. The van der Waals surface area contributed by atoms with Gasteiger partial charge in [-0.1, -0.05) is 6.07 Å². The number of ether oxygens (including phenoxy) is 1. The van der Waals surface area contributed by atoms with E-state index in [9.17, 15) is 0 Å². The zero-order valence-electron chi connectivity index (χ0n) is 7.31. The van der Waals surface area contributed by atoms with Crippen LogP contribution in [0.5, 0.6) is 5.75 Å². The van der Waals surface area contributed by atoms with Crippen molar-refractivity contribution in [1.29, 1.82) is 0 Å². The van der Waals surface area contributed by atoms with Crippen LogP contribution in [0.4, 0.5) is 0 Å². The Hall–Kier alpha value is -0.620. The normalized spacial score (nSPS) is 10.1. The van der Waals surface area contributed by atoms with Gasteiger partial charge < -0.3 is 4.74 Å². The van der Waals surface area contributed by atoms with Gasteiger partial charge in [0.25, 0.3) is 0 Å². The summed E-state index contributed by atoms with van der Waals surface area (Å²) in [4.78, 5) is 4.15. The second-order valence-electron chi connectivity index (χ2n) is 2.67. The summed E-state index contributed by atoms with van der Waals surface area (Å²) in [7, 11) is 0. The first-order valence-corrected chi connectivity index (χ1v) is 6.07. The van der Waals surface area contributed by atoms with Crippen molar-refractivity contribution in [2.24, 2.45) is 0 Å². The number of thiazole rings is 1. The van der Waals surface area contributed by atoms with Gasteiger partial charge in [0.2, 0.25) is 0 Å². The fourth-order valence-electron chi connectivity index (χ4n) is 1.03. The Kier molecular flexibility index (Phi) is 3.36. The SMILES string of the molecule is Ic1cccc(OCc2nccs2)c1. The minimum absolute atomic E-state index is 0.553. The molecule has 0 spiro atoms. The Balaban J connectivity index is 1.98. The standard InChI is InChI=1S/C10H8INOS/c11-8-2-1-3-9(6-8)13-7-10-12-4-5-14-10/h1-6H,7H2. The Bertz CT molecular complexity index is 402. The van der Waals surface area contributed by atoms with Gasteiger partial charge in [-0.2, -0.15) is 0 Å². The molecular weight excluding hydrogens is 309 g/mol. The minimum atomic E-state index is 0.553. The zero-order chi connectivity index (χ0) is 9.80. The molecule has 0 aliphatic heterocycles. The molecule has 72 valence electrons. The van der Waals surface area contributed by atoms with Crippen LogP contribution in [-0.4, -0.2) is 4.98 Å². The van der Waals surface area contributed by atoms with Crippen molar-refractivity contribution in [3.05, 3.63) is 44.4 Å². The maximum Gasteiger partial charge on any atom is 0.140 e. The van der Waals surface area contributed by atoms with Gasteiger partial charge in [-0.25, -0.2) is 4.98 Å². The lowest BCUT2D eigenvalue weighted by Gasteiger charge is -2.03. The molecule has 2 nitrogen and oxygen atoms in total. The van der Waals surface area contributed by atoms with Gasteiger partial charge >= 0.3 is 0 Å². The van der Waals surface area contributed by atoms with Crippen molar-refractivity contribution >= 4 is 33.9 Å². The van der Waals surface area contributed by atoms with E-state index >= 15 is 0 Å². The van der Waals surface area contributed by atoms with E-state index in [4.69, 9.17) is 4.74 Å². The lowest BCUT2D eigenvalue weighted by atomic mass is 10.3. The molecule has 0 N–H and O–H groups in total. The Morgan fingerprint density at radius 3 is 3.07 bits per heavy atom. The second-order valence-corrected chi connectivity index (χ2v) is 4.90. The summed E-state index contributed by atoms with van der Waals surface area (Å²) < 4.78 is 6.75. The van der Waals surface area contributed by atoms with E-state index in [2.05, 4.69) is 27.6 Å². The Morgan fingerprint density at radius 1 is 1.43 bits per heavy atom. The van der Waals surface area contributed by atoms with Crippen LogP contribution in [-0.2, 0) is 6.61 Å². The third kappa shape index (κ3) is 2.68. The molecule has 0 atom stereocenters. The number of rotatable bonds is 3. The Labute approximate surface area is 100 Å². The van der Waals surface area contributed by atoms with E-state index in [1.807, 2.05) is 29.6 Å². The maximum absolute atomic E-state index is 5.57. The number of halogens is 1. The second kappa shape index (κ2) is 4.75. The zero-order valence-corrected chi connectivity index (χ0v) is 10.3. The third-order valence-corrected chi connectivity index (χ3v) is 3.07. The first-order chi connectivity index (χ1) is 6.84. The van der Waals surface area contributed by atoms with Gasteiger partial charge in [0.05, 0.1) is 0 Å². The molecule has 2 rings (SSSR count). The lowest BCUT2D eigenvalue weighted by Crippen LogP contribution is -1.94. The minimum Gasteiger partial charge on any atom is -0.486 e. The fraction of sp³-hybridized carbons (Fsp3) is 0.100. The highest BCUT2D eigenvalue weighted by molar-refractivity contribution is 14.1. The molecule has 0 bridgehead atoms. The largest absolute Gasteiger partial charge is 0.486 e. The molecule has 0 aliphatic carbocycles. The van der Waals surface area contributed by atoms with Gasteiger partial charge in [0.1, 0.15) is 17.4 Å². The van der Waals surface area contributed by atoms with Crippen molar-refractivity contribution in [1.82, 2.24) is 4.98 Å². The number of hydrogen-bond acceptors (Lipinski definition) is 3. The van der Waals surface area contributed by atoms with Crippen LogP contribution in [0, 0.1) is 3.57 Å². The molecule has 1 aromatic heterocycles. The first-order valence-electron chi connectivity index (χ1n) is 4.11. The van der Waals surface area contributed by atoms with Crippen molar-refractivity contribution in [2.45, 2.75) is 6.61 Å². The van der Waals surface area contributed by atoms with Gasteiger partial charge in [-0.15, -0.1) is 11.3 Å². The summed E-state index contributed by atoms with van der Waals surface area (Å²) in [5, 5.41) is 2.96. The quantitative estimate of drug-likeness (QED) is 0.810. The van der Waals surface area contributed by atoms with Gasteiger partial charge in [-0.3, -0.25) is 0 Å². The molecular formula is C10H8INOS. The third-order valence-electron chi connectivity index (χ3n) is 1.64. The predicted molar refractivity (Wildman–Crippen MR) is 65.6 cm³/mol. The van der Waals surface area contributed by atoms with Crippen LogP contribution in [0.2, 0.25) is 0 Å². The average Bonchev–Trinajstić information content (AvgIpc) is 2.67. The van der Waals surface area contributed by atoms with Gasteiger partial charge in [0, 0.05) is 15.1 Å². The molecule has 0 radical (unpaired) electrons. The summed E-state index contributed by atoms with van der Waals surface area (Å²) in [5.74, 6) is 0.895. The molecule has 2 aromatic rings. The van der Waals surface area contributed by atoms with E-state index in [1.54, 1.807) is 17.5 Å². The average molecular weight is 317 g/mol. The van der Waals surface area contributed by atoms with Crippen LogP contribution < -0.4 is 4.74 Å². The van der Waals surface area contributed by atoms with E-state index in [1.165, 1.54) is 3.57 Å². The number of hydrogen-bond donors (Lipinski definition) is 0. The first kappa shape index (κ1) is 9.92. The summed E-state index contributed by atoms with van der Waals surface area (Å²) >= 11 is 3.87. The van der Waals surface area contributed by atoms with Crippen LogP contribution >= 0.6 is 33.9 Å². The van der Waals surface area contributed by atoms with E-state index in [-0.39, 0.29) is 0 Å². The lowest BCUT2D eigenvalue weighted by molar-refractivity contribution is 0.305. The van der Waals surface area contributed by atoms with Gasteiger partial charge in [-0.05, 0) is 40.8 Å². The molecule has 0 saturated carbocycles. The molecule has 0 aliphatic rings.